The number of H-pyrrole nitrogens is 1. The standard InChI is InChI=1S/C15H21N3O3/c1-21-9-11(8-19)18-15(20)13(16)6-10-7-17-14-5-3-2-4-12(10)14/h2-5,7,11,13,17,19H,6,8-9,16H2,1H3,(H,18,20)/t11?,13-/m0/s1. The van der Waals surface area contributed by atoms with Gasteiger partial charge in [-0.15, -0.1) is 0 Å². The quantitative estimate of drug-likeness (QED) is 0.584. The Morgan fingerprint density at radius 1 is 1.48 bits per heavy atom. The first-order valence-electron chi connectivity index (χ1n) is 6.86. The van der Waals surface area contributed by atoms with Gasteiger partial charge in [-0.25, -0.2) is 0 Å². The maximum Gasteiger partial charge on any atom is 0.237 e. The van der Waals surface area contributed by atoms with E-state index in [0.29, 0.717) is 6.42 Å². The van der Waals surface area contributed by atoms with Crippen molar-refractivity contribution in [1.82, 2.24) is 10.3 Å². The first kappa shape index (κ1) is 15.5. The van der Waals surface area contributed by atoms with E-state index in [-0.39, 0.29) is 19.1 Å². The number of benzene rings is 1. The zero-order valence-electron chi connectivity index (χ0n) is 12.0. The van der Waals surface area contributed by atoms with E-state index in [1.165, 1.54) is 7.11 Å². The highest BCUT2D eigenvalue weighted by Crippen LogP contribution is 2.18. The largest absolute Gasteiger partial charge is 0.394 e. The number of carbonyl (C=O) groups is 1. The zero-order valence-corrected chi connectivity index (χ0v) is 12.0. The van der Waals surface area contributed by atoms with Crippen molar-refractivity contribution in [2.75, 3.05) is 20.3 Å². The summed E-state index contributed by atoms with van der Waals surface area (Å²) >= 11 is 0. The van der Waals surface area contributed by atoms with E-state index in [1.54, 1.807) is 0 Å². The van der Waals surface area contributed by atoms with Crippen LogP contribution in [0.15, 0.2) is 30.5 Å². The second-order valence-electron chi connectivity index (χ2n) is 5.01. The molecule has 0 saturated heterocycles. The normalized spacial score (nSPS) is 14.0. The Kier molecular flexibility index (Phi) is 5.32. The number of aromatic nitrogens is 1. The Morgan fingerprint density at radius 3 is 2.95 bits per heavy atom. The van der Waals surface area contributed by atoms with Crippen LogP contribution in [0.25, 0.3) is 10.9 Å². The third-order valence-electron chi connectivity index (χ3n) is 3.39. The molecule has 0 aliphatic heterocycles. The predicted molar refractivity (Wildman–Crippen MR) is 80.9 cm³/mol. The summed E-state index contributed by atoms with van der Waals surface area (Å²) in [4.78, 5) is 15.2. The molecule has 0 fully saturated rings. The smallest absolute Gasteiger partial charge is 0.237 e. The summed E-state index contributed by atoms with van der Waals surface area (Å²) in [6, 6.07) is 6.77. The van der Waals surface area contributed by atoms with Crippen molar-refractivity contribution >= 4 is 16.8 Å². The van der Waals surface area contributed by atoms with Gasteiger partial charge in [0.1, 0.15) is 0 Å². The molecule has 6 nitrogen and oxygen atoms in total. The molecule has 1 aromatic carbocycles. The fourth-order valence-corrected chi connectivity index (χ4v) is 2.28. The summed E-state index contributed by atoms with van der Waals surface area (Å²) in [6.07, 6.45) is 2.30. The third-order valence-corrected chi connectivity index (χ3v) is 3.39. The van der Waals surface area contributed by atoms with Crippen LogP contribution in [-0.2, 0) is 16.0 Å². The number of hydrogen-bond acceptors (Lipinski definition) is 4. The monoisotopic (exact) mass is 291 g/mol. The molecule has 0 radical (unpaired) electrons. The van der Waals surface area contributed by atoms with Crippen LogP contribution in [0.1, 0.15) is 5.56 Å². The van der Waals surface area contributed by atoms with Crippen LogP contribution < -0.4 is 11.1 Å². The second kappa shape index (κ2) is 7.21. The van der Waals surface area contributed by atoms with Gasteiger partial charge in [0, 0.05) is 24.2 Å². The van der Waals surface area contributed by atoms with Gasteiger partial charge < -0.3 is 25.9 Å². The maximum absolute atomic E-state index is 12.0. The Labute approximate surface area is 123 Å². The van der Waals surface area contributed by atoms with Crippen LogP contribution in [-0.4, -0.2) is 48.4 Å². The molecule has 0 aliphatic rings. The molecule has 21 heavy (non-hydrogen) atoms. The molecule has 1 unspecified atom stereocenters. The van der Waals surface area contributed by atoms with Gasteiger partial charge in [-0.1, -0.05) is 18.2 Å². The minimum Gasteiger partial charge on any atom is -0.394 e. The van der Waals surface area contributed by atoms with E-state index in [4.69, 9.17) is 15.6 Å². The van der Waals surface area contributed by atoms with Crippen LogP contribution in [0, 0.1) is 0 Å². The molecule has 5 N–H and O–H groups in total. The number of fused-ring (bicyclic) bond motifs is 1. The van der Waals surface area contributed by atoms with Crippen molar-refractivity contribution in [3.8, 4) is 0 Å². The van der Waals surface area contributed by atoms with E-state index in [9.17, 15) is 4.79 Å². The van der Waals surface area contributed by atoms with E-state index in [0.717, 1.165) is 16.5 Å². The number of nitrogens with one attached hydrogen (secondary N) is 2. The van der Waals surface area contributed by atoms with Gasteiger partial charge in [0.25, 0.3) is 0 Å². The molecule has 1 heterocycles. The minimum atomic E-state index is -0.671. The van der Waals surface area contributed by atoms with Gasteiger partial charge in [0.05, 0.1) is 25.3 Å². The highest BCUT2D eigenvalue weighted by atomic mass is 16.5. The van der Waals surface area contributed by atoms with Crippen LogP contribution in [0.3, 0.4) is 0 Å². The fraction of sp³-hybridized carbons (Fsp3) is 0.400. The van der Waals surface area contributed by atoms with Crippen LogP contribution in [0.2, 0.25) is 0 Å². The molecule has 0 spiro atoms. The molecule has 2 rings (SSSR count). The number of carbonyl (C=O) groups excluding carboxylic acids is 1. The Morgan fingerprint density at radius 2 is 2.24 bits per heavy atom. The van der Waals surface area contributed by atoms with E-state index < -0.39 is 12.1 Å². The van der Waals surface area contributed by atoms with Crippen molar-refractivity contribution in [2.45, 2.75) is 18.5 Å². The van der Waals surface area contributed by atoms with Crippen molar-refractivity contribution in [3.05, 3.63) is 36.0 Å². The first-order chi connectivity index (χ1) is 10.2. The van der Waals surface area contributed by atoms with Crippen LogP contribution >= 0.6 is 0 Å². The van der Waals surface area contributed by atoms with Crippen LogP contribution in [0.4, 0.5) is 0 Å². The van der Waals surface area contributed by atoms with Gasteiger partial charge >= 0.3 is 0 Å². The molecule has 2 atom stereocenters. The fourth-order valence-electron chi connectivity index (χ4n) is 2.28. The molecule has 0 saturated carbocycles. The number of nitrogens with two attached hydrogens (primary N) is 1. The third kappa shape index (κ3) is 3.81. The highest BCUT2D eigenvalue weighted by molar-refractivity contribution is 5.86. The van der Waals surface area contributed by atoms with Gasteiger partial charge in [0.15, 0.2) is 0 Å². The van der Waals surface area contributed by atoms with Gasteiger partial charge in [-0.3, -0.25) is 4.79 Å². The van der Waals surface area contributed by atoms with Gasteiger partial charge in [-0.05, 0) is 18.1 Å². The molecule has 2 aromatic rings. The second-order valence-corrected chi connectivity index (χ2v) is 5.01. The molecular formula is C15H21N3O3. The molecular weight excluding hydrogens is 270 g/mol. The molecule has 1 aromatic heterocycles. The van der Waals surface area contributed by atoms with E-state index in [1.807, 2.05) is 30.5 Å². The first-order valence-corrected chi connectivity index (χ1v) is 6.86. The number of aliphatic hydroxyl groups excluding tert-OH is 1. The predicted octanol–water partition coefficient (Wildman–Crippen LogP) is 0.161. The number of methoxy groups -OCH3 is 1. The molecule has 114 valence electrons. The number of aromatic amines is 1. The summed E-state index contributed by atoms with van der Waals surface area (Å²) < 4.78 is 4.92. The van der Waals surface area contributed by atoms with E-state index >= 15 is 0 Å². The Balaban J connectivity index is 2.00. The highest BCUT2D eigenvalue weighted by Gasteiger charge is 2.19. The number of amides is 1. The summed E-state index contributed by atoms with van der Waals surface area (Å²) in [6.45, 7) is 0.0709. The zero-order chi connectivity index (χ0) is 15.2. The number of hydrogen-bond donors (Lipinski definition) is 4. The summed E-state index contributed by atoms with van der Waals surface area (Å²) in [5.74, 6) is -0.295. The lowest BCUT2D eigenvalue weighted by Crippen LogP contribution is -2.49. The maximum atomic E-state index is 12.0. The van der Waals surface area contributed by atoms with E-state index in [2.05, 4.69) is 10.3 Å². The average molecular weight is 291 g/mol. The topological polar surface area (TPSA) is 100 Å². The number of para-hydroxylation sites is 1. The number of rotatable bonds is 7. The number of aliphatic hydroxyl groups is 1. The minimum absolute atomic E-state index is 0.181. The van der Waals surface area contributed by atoms with Gasteiger partial charge in [-0.2, -0.15) is 0 Å². The number of ether oxygens (including phenoxy) is 1. The lowest BCUT2D eigenvalue weighted by Gasteiger charge is -2.18. The van der Waals surface area contributed by atoms with Crippen LogP contribution in [0.5, 0.6) is 0 Å². The SMILES string of the molecule is COCC(CO)NC(=O)[C@@H](N)Cc1c[nH]c2ccccc12. The lowest BCUT2D eigenvalue weighted by molar-refractivity contribution is -0.123. The van der Waals surface area contributed by atoms with Crippen molar-refractivity contribution in [2.24, 2.45) is 5.73 Å². The Bertz CT molecular complexity index is 597. The summed E-state index contributed by atoms with van der Waals surface area (Å²) in [5.41, 5.74) is 7.97. The molecule has 1 amide bonds. The van der Waals surface area contributed by atoms with Crippen molar-refractivity contribution in [1.29, 1.82) is 0 Å². The summed E-state index contributed by atoms with van der Waals surface area (Å²) in [7, 11) is 1.51. The average Bonchev–Trinajstić information content (AvgIpc) is 2.90. The van der Waals surface area contributed by atoms with Crippen molar-refractivity contribution < 1.29 is 14.6 Å². The van der Waals surface area contributed by atoms with Crippen molar-refractivity contribution in [3.63, 3.8) is 0 Å². The summed E-state index contributed by atoms with van der Waals surface area (Å²) in [5, 5.41) is 12.9. The Hall–Kier alpha value is -1.89. The van der Waals surface area contributed by atoms with Gasteiger partial charge in [0.2, 0.25) is 5.91 Å². The molecule has 6 heteroatoms. The molecule has 0 aliphatic carbocycles. The lowest BCUT2D eigenvalue weighted by atomic mass is 10.0. The molecule has 0 bridgehead atoms.